The molecular weight excluding hydrogens is 420 g/mol. The minimum Gasteiger partial charge on any atom is -0.225 e. The van der Waals surface area contributed by atoms with Crippen molar-refractivity contribution in [3.8, 4) is 0 Å². The SMILES string of the molecule is CCCCCCN=C=O.CCCCCCN=C=O.CCCCCCN=C=O.c1ncncn1. The summed E-state index contributed by atoms with van der Waals surface area (Å²) < 4.78 is 0. The summed E-state index contributed by atoms with van der Waals surface area (Å²) in [5.41, 5.74) is 0. The maximum Gasteiger partial charge on any atom is 0.234 e. The second-order valence-electron chi connectivity index (χ2n) is 6.89. The molecule has 0 unspecified atom stereocenters. The number of nitrogens with zero attached hydrogens (tertiary/aromatic N) is 6. The molecule has 1 aromatic heterocycles. The highest BCUT2D eigenvalue weighted by atomic mass is 16.1. The molecule has 0 spiro atoms. The van der Waals surface area contributed by atoms with Gasteiger partial charge in [-0.05, 0) is 19.3 Å². The molecule has 0 aliphatic rings. The summed E-state index contributed by atoms with van der Waals surface area (Å²) in [6.45, 7) is 8.44. The third-order valence-corrected chi connectivity index (χ3v) is 3.96. The van der Waals surface area contributed by atoms with E-state index in [0.717, 1.165) is 19.3 Å². The summed E-state index contributed by atoms with van der Waals surface area (Å²) in [7, 11) is 0. The van der Waals surface area contributed by atoms with Crippen molar-refractivity contribution in [2.24, 2.45) is 15.0 Å². The number of isocyanates is 3. The first-order valence-electron chi connectivity index (χ1n) is 11.9. The van der Waals surface area contributed by atoms with Crippen molar-refractivity contribution >= 4 is 18.2 Å². The third-order valence-electron chi connectivity index (χ3n) is 3.96. The molecule has 0 radical (unpaired) electrons. The Morgan fingerprint density at radius 2 is 0.758 bits per heavy atom. The zero-order valence-electron chi connectivity index (χ0n) is 20.7. The first kappa shape index (κ1) is 34.8. The lowest BCUT2D eigenvalue weighted by atomic mass is 10.2. The summed E-state index contributed by atoms with van der Waals surface area (Å²) in [5, 5.41) is 0. The van der Waals surface area contributed by atoms with Gasteiger partial charge in [-0.15, -0.1) is 0 Å². The van der Waals surface area contributed by atoms with Gasteiger partial charge in [-0.1, -0.05) is 78.6 Å². The Morgan fingerprint density at radius 3 is 0.939 bits per heavy atom. The Kier molecular flexibility index (Phi) is 41.7. The second-order valence-corrected chi connectivity index (χ2v) is 6.89. The van der Waals surface area contributed by atoms with Gasteiger partial charge >= 0.3 is 0 Å². The molecule has 1 heterocycles. The van der Waals surface area contributed by atoms with Crippen LogP contribution < -0.4 is 0 Å². The van der Waals surface area contributed by atoms with E-state index in [4.69, 9.17) is 0 Å². The van der Waals surface area contributed by atoms with Gasteiger partial charge in [0.05, 0.1) is 19.6 Å². The van der Waals surface area contributed by atoms with Gasteiger partial charge in [0, 0.05) is 0 Å². The van der Waals surface area contributed by atoms with Gasteiger partial charge < -0.3 is 0 Å². The number of aromatic nitrogens is 3. The number of carbonyl (C=O) groups excluding carboxylic acids is 3. The zero-order chi connectivity index (χ0) is 25.1. The molecule has 0 saturated heterocycles. The standard InChI is InChI=1S/3C7H13NO.C3H3N3/c3*1-2-3-4-5-6-8-7-9;1-4-2-6-3-5-1/h3*2-6H2,1H3;1-3H. The van der Waals surface area contributed by atoms with Crippen LogP contribution in [0.1, 0.15) is 97.8 Å². The van der Waals surface area contributed by atoms with Crippen LogP contribution in [0.3, 0.4) is 0 Å². The van der Waals surface area contributed by atoms with Crippen LogP contribution in [0.5, 0.6) is 0 Å². The lowest BCUT2D eigenvalue weighted by Gasteiger charge is -1.90. The highest BCUT2D eigenvalue weighted by Crippen LogP contribution is 1.98. The van der Waals surface area contributed by atoms with Crippen LogP contribution in [-0.4, -0.2) is 52.8 Å². The van der Waals surface area contributed by atoms with Crippen LogP contribution >= 0.6 is 0 Å². The first-order valence-corrected chi connectivity index (χ1v) is 11.9. The normalized spacial score (nSPS) is 8.45. The van der Waals surface area contributed by atoms with E-state index >= 15 is 0 Å². The Balaban J connectivity index is -0.000000367. The molecule has 0 atom stereocenters. The predicted octanol–water partition coefficient (Wildman–Crippen LogP) is 5.58. The van der Waals surface area contributed by atoms with Crippen molar-refractivity contribution in [1.29, 1.82) is 0 Å². The van der Waals surface area contributed by atoms with E-state index < -0.39 is 0 Å². The van der Waals surface area contributed by atoms with E-state index in [9.17, 15) is 14.4 Å². The van der Waals surface area contributed by atoms with Gasteiger partial charge in [0.15, 0.2) is 0 Å². The maximum atomic E-state index is 9.55. The molecule has 0 fully saturated rings. The molecule has 1 aromatic rings. The summed E-state index contributed by atoms with van der Waals surface area (Å²) in [6, 6.07) is 0. The molecule has 0 bridgehead atoms. The number of rotatable bonds is 15. The largest absolute Gasteiger partial charge is 0.234 e. The molecule has 0 amide bonds. The molecule has 33 heavy (non-hydrogen) atoms. The number of aliphatic imine (C=N–C) groups is 3. The van der Waals surface area contributed by atoms with Gasteiger partial charge in [0.25, 0.3) is 0 Å². The fourth-order valence-corrected chi connectivity index (χ4v) is 2.19. The third kappa shape index (κ3) is 48.0. The minimum absolute atomic E-state index is 0.656. The predicted molar refractivity (Wildman–Crippen MR) is 131 cm³/mol. The first-order chi connectivity index (χ1) is 16.2. The molecule has 0 N–H and O–H groups in total. The zero-order valence-corrected chi connectivity index (χ0v) is 20.7. The van der Waals surface area contributed by atoms with E-state index in [1.165, 1.54) is 95.0 Å². The van der Waals surface area contributed by atoms with Crippen LogP contribution in [0.4, 0.5) is 0 Å². The van der Waals surface area contributed by atoms with E-state index in [1.807, 2.05) is 0 Å². The fraction of sp³-hybridized carbons (Fsp3) is 0.750. The van der Waals surface area contributed by atoms with Gasteiger partial charge in [-0.3, -0.25) is 0 Å². The molecule has 186 valence electrons. The molecule has 0 aromatic carbocycles. The molecule has 0 aliphatic carbocycles. The van der Waals surface area contributed by atoms with Crippen LogP contribution in [0.25, 0.3) is 0 Å². The van der Waals surface area contributed by atoms with Gasteiger partial charge in [-0.25, -0.2) is 44.3 Å². The Morgan fingerprint density at radius 1 is 0.485 bits per heavy atom. The monoisotopic (exact) mass is 462 g/mol. The van der Waals surface area contributed by atoms with E-state index in [0.29, 0.717) is 19.6 Å². The minimum atomic E-state index is 0.656. The van der Waals surface area contributed by atoms with Gasteiger partial charge in [0.1, 0.15) is 19.0 Å². The van der Waals surface area contributed by atoms with Crippen molar-refractivity contribution in [2.45, 2.75) is 97.8 Å². The van der Waals surface area contributed by atoms with Gasteiger partial charge in [-0.2, -0.15) is 0 Å². The summed E-state index contributed by atoms with van der Waals surface area (Å²) in [4.78, 5) is 49.6. The van der Waals surface area contributed by atoms with Crippen LogP contribution in [0.15, 0.2) is 34.0 Å². The van der Waals surface area contributed by atoms with E-state index in [2.05, 4.69) is 50.7 Å². The number of hydrogen-bond donors (Lipinski definition) is 0. The maximum absolute atomic E-state index is 9.55. The summed E-state index contributed by atoms with van der Waals surface area (Å²) in [6.07, 6.45) is 22.9. The Bertz CT molecular complexity index is 523. The van der Waals surface area contributed by atoms with Crippen LogP contribution in [-0.2, 0) is 14.4 Å². The summed E-state index contributed by atoms with van der Waals surface area (Å²) >= 11 is 0. The van der Waals surface area contributed by atoms with Crippen molar-refractivity contribution in [3.63, 3.8) is 0 Å². The molecule has 0 saturated carbocycles. The number of hydrogen-bond acceptors (Lipinski definition) is 9. The second kappa shape index (κ2) is 39.6. The van der Waals surface area contributed by atoms with Crippen molar-refractivity contribution in [1.82, 2.24) is 15.0 Å². The van der Waals surface area contributed by atoms with Crippen molar-refractivity contribution in [3.05, 3.63) is 19.0 Å². The lowest BCUT2D eigenvalue weighted by molar-refractivity contribution is 0.560. The Labute approximate surface area is 199 Å². The molecule has 9 nitrogen and oxygen atoms in total. The number of unbranched alkanes of at least 4 members (excludes halogenated alkanes) is 9. The highest BCUT2D eigenvalue weighted by Gasteiger charge is 1.84. The van der Waals surface area contributed by atoms with Gasteiger partial charge in [0.2, 0.25) is 18.2 Å². The summed E-state index contributed by atoms with van der Waals surface area (Å²) in [5.74, 6) is 0. The van der Waals surface area contributed by atoms with E-state index in [-0.39, 0.29) is 0 Å². The molecular formula is C24H42N6O3. The molecule has 1 rings (SSSR count). The highest BCUT2D eigenvalue weighted by molar-refractivity contribution is 5.33. The molecule has 0 aliphatic heterocycles. The average Bonchev–Trinajstić information content (AvgIpc) is 2.86. The van der Waals surface area contributed by atoms with Crippen LogP contribution in [0.2, 0.25) is 0 Å². The van der Waals surface area contributed by atoms with E-state index in [1.54, 1.807) is 0 Å². The quantitative estimate of drug-likeness (QED) is 0.190. The Hall–Kier alpha value is -2.85. The topological polar surface area (TPSA) is 127 Å². The smallest absolute Gasteiger partial charge is 0.225 e. The fourth-order valence-electron chi connectivity index (χ4n) is 2.19. The lowest BCUT2D eigenvalue weighted by Crippen LogP contribution is -1.79. The average molecular weight is 463 g/mol. The van der Waals surface area contributed by atoms with Crippen LogP contribution in [0, 0.1) is 0 Å². The molecule has 9 heteroatoms. The van der Waals surface area contributed by atoms with Crippen molar-refractivity contribution < 1.29 is 14.4 Å². The van der Waals surface area contributed by atoms with Crippen molar-refractivity contribution in [2.75, 3.05) is 19.6 Å².